The first kappa shape index (κ1) is 12.5. The Balaban J connectivity index is 1.98. The molecule has 2 aromatic rings. The summed E-state index contributed by atoms with van der Waals surface area (Å²) in [6.07, 6.45) is 1.48. The molecule has 1 aromatic heterocycles. The van der Waals surface area contributed by atoms with Gasteiger partial charge in [0.25, 0.3) is 5.69 Å². The first-order chi connectivity index (χ1) is 9.19. The van der Waals surface area contributed by atoms with E-state index in [0.29, 0.717) is 17.9 Å². The highest BCUT2D eigenvalue weighted by molar-refractivity contribution is 5.40. The van der Waals surface area contributed by atoms with E-state index in [1.54, 1.807) is 24.3 Å². The Morgan fingerprint density at radius 2 is 2.00 bits per heavy atom. The lowest BCUT2D eigenvalue weighted by molar-refractivity contribution is -0.384. The van der Waals surface area contributed by atoms with Crippen molar-refractivity contribution in [2.75, 3.05) is 5.32 Å². The molecule has 0 saturated heterocycles. The summed E-state index contributed by atoms with van der Waals surface area (Å²) in [5.41, 5.74) is 1.48. The monoisotopic (exact) mass is 254 g/mol. The van der Waals surface area contributed by atoms with Gasteiger partial charge < -0.3 is 5.32 Å². The molecule has 19 heavy (non-hydrogen) atoms. The van der Waals surface area contributed by atoms with Crippen molar-refractivity contribution in [1.82, 2.24) is 4.98 Å². The Labute approximate surface area is 109 Å². The summed E-state index contributed by atoms with van der Waals surface area (Å²) >= 11 is 0. The summed E-state index contributed by atoms with van der Waals surface area (Å²) in [5, 5.41) is 22.2. The first-order valence-corrected chi connectivity index (χ1v) is 5.52. The average Bonchev–Trinajstić information content (AvgIpc) is 2.46. The number of rotatable bonds is 4. The molecule has 0 fully saturated rings. The van der Waals surface area contributed by atoms with Gasteiger partial charge in [-0.2, -0.15) is 5.26 Å². The molecule has 1 aromatic carbocycles. The Kier molecular flexibility index (Phi) is 3.69. The van der Waals surface area contributed by atoms with Gasteiger partial charge in [-0.25, -0.2) is 4.98 Å². The van der Waals surface area contributed by atoms with Gasteiger partial charge in [-0.3, -0.25) is 10.1 Å². The number of nitriles is 1. The van der Waals surface area contributed by atoms with Gasteiger partial charge in [0.2, 0.25) is 0 Å². The first-order valence-electron chi connectivity index (χ1n) is 5.52. The minimum absolute atomic E-state index is 0.0697. The van der Waals surface area contributed by atoms with Crippen LogP contribution in [0.3, 0.4) is 0 Å². The van der Waals surface area contributed by atoms with Gasteiger partial charge in [0.15, 0.2) is 0 Å². The number of nitro groups is 1. The van der Waals surface area contributed by atoms with E-state index >= 15 is 0 Å². The zero-order chi connectivity index (χ0) is 13.7. The van der Waals surface area contributed by atoms with E-state index in [-0.39, 0.29) is 5.69 Å². The molecule has 1 N–H and O–H groups in total. The van der Waals surface area contributed by atoms with Gasteiger partial charge in [-0.15, -0.1) is 0 Å². The maximum absolute atomic E-state index is 10.5. The van der Waals surface area contributed by atoms with Crippen molar-refractivity contribution in [2.45, 2.75) is 6.54 Å². The van der Waals surface area contributed by atoms with Gasteiger partial charge in [0.05, 0.1) is 10.5 Å². The number of hydrogen-bond acceptors (Lipinski definition) is 5. The van der Waals surface area contributed by atoms with E-state index in [1.807, 2.05) is 6.07 Å². The number of benzene rings is 1. The van der Waals surface area contributed by atoms with Crippen LogP contribution in [-0.2, 0) is 6.54 Å². The number of nitrogens with zero attached hydrogens (tertiary/aromatic N) is 3. The summed E-state index contributed by atoms with van der Waals surface area (Å²) in [6.45, 7) is 0.511. The number of hydrogen-bond donors (Lipinski definition) is 1. The third-order valence-corrected chi connectivity index (χ3v) is 2.51. The van der Waals surface area contributed by atoms with E-state index < -0.39 is 4.92 Å². The van der Waals surface area contributed by atoms with Crippen molar-refractivity contribution < 1.29 is 4.92 Å². The van der Waals surface area contributed by atoms with E-state index in [0.717, 1.165) is 5.56 Å². The molecule has 0 aliphatic rings. The minimum Gasteiger partial charge on any atom is -0.366 e. The molecule has 0 radical (unpaired) electrons. The number of nitrogens with one attached hydrogen (secondary N) is 1. The van der Waals surface area contributed by atoms with E-state index in [4.69, 9.17) is 5.26 Å². The molecule has 6 heteroatoms. The molecule has 0 spiro atoms. The summed E-state index contributed by atoms with van der Waals surface area (Å²) in [5.74, 6) is 0.650. The molecule has 0 bridgehead atoms. The lowest BCUT2D eigenvalue weighted by Crippen LogP contribution is -2.01. The quantitative estimate of drug-likeness (QED) is 0.668. The van der Waals surface area contributed by atoms with Crippen LogP contribution in [0, 0.1) is 21.4 Å². The predicted octanol–water partition coefficient (Wildman–Crippen LogP) is 2.47. The van der Waals surface area contributed by atoms with Crippen molar-refractivity contribution in [3.05, 3.63) is 63.8 Å². The van der Waals surface area contributed by atoms with Crippen molar-refractivity contribution in [2.24, 2.45) is 0 Å². The minimum atomic E-state index is -0.431. The number of anilines is 1. The van der Waals surface area contributed by atoms with E-state index in [1.165, 1.54) is 18.3 Å². The largest absolute Gasteiger partial charge is 0.366 e. The third kappa shape index (κ3) is 3.26. The Bertz CT molecular complexity index is 615. The highest BCUT2D eigenvalue weighted by Gasteiger charge is 2.03. The smallest absolute Gasteiger partial charge is 0.269 e. The summed E-state index contributed by atoms with van der Waals surface area (Å²) in [4.78, 5) is 14.1. The maximum atomic E-state index is 10.5. The Morgan fingerprint density at radius 3 is 2.53 bits per heavy atom. The average molecular weight is 254 g/mol. The number of pyridine rings is 1. The molecule has 0 aliphatic carbocycles. The van der Waals surface area contributed by atoms with Gasteiger partial charge in [-0.1, -0.05) is 12.1 Å². The molecule has 0 atom stereocenters. The molecule has 6 nitrogen and oxygen atoms in total. The van der Waals surface area contributed by atoms with Crippen LogP contribution in [-0.4, -0.2) is 9.91 Å². The molecular weight excluding hydrogens is 244 g/mol. The van der Waals surface area contributed by atoms with Crippen molar-refractivity contribution >= 4 is 11.5 Å². The molecule has 2 rings (SSSR count). The normalized spacial score (nSPS) is 9.63. The fraction of sp³-hybridized carbons (Fsp3) is 0.0769. The van der Waals surface area contributed by atoms with Gasteiger partial charge >= 0.3 is 0 Å². The standard InChI is InChI=1S/C13H10N4O2/c14-7-11-3-6-13(16-9-11)15-8-10-1-4-12(5-2-10)17(18)19/h1-6,9H,8H2,(H,15,16). The Hall–Kier alpha value is -2.94. The van der Waals surface area contributed by atoms with Crippen LogP contribution < -0.4 is 5.32 Å². The molecule has 94 valence electrons. The van der Waals surface area contributed by atoms with Crippen LogP contribution in [0.5, 0.6) is 0 Å². The lowest BCUT2D eigenvalue weighted by Gasteiger charge is -2.05. The van der Waals surface area contributed by atoms with E-state index in [9.17, 15) is 10.1 Å². The zero-order valence-electron chi connectivity index (χ0n) is 9.91. The van der Waals surface area contributed by atoms with Crippen molar-refractivity contribution in [1.29, 1.82) is 5.26 Å². The SMILES string of the molecule is N#Cc1ccc(NCc2ccc([N+](=O)[O-])cc2)nc1. The Morgan fingerprint density at radius 1 is 1.26 bits per heavy atom. The zero-order valence-corrected chi connectivity index (χ0v) is 9.91. The highest BCUT2D eigenvalue weighted by Crippen LogP contribution is 2.13. The van der Waals surface area contributed by atoms with Crippen LogP contribution in [0.25, 0.3) is 0 Å². The lowest BCUT2D eigenvalue weighted by atomic mass is 10.2. The van der Waals surface area contributed by atoms with Gasteiger partial charge in [0, 0.05) is 24.9 Å². The second-order valence-electron chi connectivity index (χ2n) is 3.82. The number of non-ortho nitro benzene ring substituents is 1. The second-order valence-corrected chi connectivity index (χ2v) is 3.82. The molecule has 0 aliphatic heterocycles. The summed E-state index contributed by atoms with van der Waals surface area (Å²) < 4.78 is 0. The topological polar surface area (TPSA) is 91.8 Å². The maximum Gasteiger partial charge on any atom is 0.269 e. The summed E-state index contributed by atoms with van der Waals surface area (Å²) in [7, 11) is 0. The molecule has 0 amide bonds. The fourth-order valence-electron chi connectivity index (χ4n) is 1.49. The van der Waals surface area contributed by atoms with Crippen LogP contribution in [0.2, 0.25) is 0 Å². The fourth-order valence-corrected chi connectivity index (χ4v) is 1.49. The predicted molar refractivity (Wildman–Crippen MR) is 69.4 cm³/mol. The molecular formula is C13H10N4O2. The van der Waals surface area contributed by atoms with Gasteiger partial charge in [-0.05, 0) is 17.7 Å². The number of aromatic nitrogens is 1. The molecule has 0 saturated carbocycles. The van der Waals surface area contributed by atoms with Crippen LogP contribution in [0.15, 0.2) is 42.6 Å². The molecule has 0 unspecified atom stereocenters. The van der Waals surface area contributed by atoms with Crippen LogP contribution >= 0.6 is 0 Å². The summed E-state index contributed by atoms with van der Waals surface area (Å²) in [6, 6.07) is 11.7. The highest BCUT2D eigenvalue weighted by atomic mass is 16.6. The van der Waals surface area contributed by atoms with Crippen LogP contribution in [0.4, 0.5) is 11.5 Å². The second kappa shape index (κ2) is 5.60. The van der Waals surface area contributed by atoms with E-state index in [2.05, 4.69) is 10.3 Å². The van der Waals surface area contributed by atoms with Gasteiger partial charge in [0.1, 0.15) is 11.9 Å². The third-order valence-electron chi connectivity index (χ3n) is 2.51. The molecule has 1 heterocycles. The van der Waals surface area contributed by atoms with Crippen LogP contribution in [0.1, 0.15) is 11.1 Å². The van der Waals surface area contributed by atoms with Crippen molar-refractivity contribution in [3.8, 4) is 6.07 Å². The number of nitro benzene ring substituents is 1. The van der Waals surface area contributed by atoms with Crippen molar-refractivity contribution in [3.63, 3.8) is 0 Å².